The van der Waals surface area contributed by atoms with Crippen LogP contribution in [0, 0.1) is 0 Å². The van der Waals surface area contributed by atoms with Crippen molar-refractivity contribution in [1.29, 1.82) is 0 Å². The Morgan fingerprint density at radius 1 is 0.771 bits per heavy atom. The number of nitrogens with zero attached hydrogens (tertiary/aromatic N) is 3. The minimum atomic E-state index is -0.385. The maximum Gasteiger partial charge on any atom is 0.251 e. The van der Waals surface area contributed by atoms with Crippen molar-refractivity contribution in [3.05, 3.63) is 78.4 Å². The number of hydrogen-bond acceptors (Lipinski definition) is 6. The fourth-order valence-corrected chi connectivity index (χ4v) is 5.14. The smallest absolute Gasteiger partial charge is 0.251 e. The van der Waals surface area contributed by atoms with Crippen LogP contribution in [0.4, 0.5) is 5.69 Å². The second-order valence-corrected chi connectivity index (χ2v) is 9.20. The second-order valence-electron chi connectivity index (χ2n) is 9.20. The maximum absolute atomic E-state index is 13.3. The molecule has 2 fully saturated rings. The molecule has 3 aromatic carbocycles. The molecule has 3 aliphatic heterocycles. The summed E-state index contributed by atoms with van der Waals surface area (Å²) in [7, 11) is 0. The molecule has 178 valence electrons. The number of piperazine rings is 1. The third-order valence-corrected chi connectivity index (χ3v) is 7.05. The number of anilines is 1. The number of ether oxygens (including phenoxy) is 2. The zero-order chi connectivity index (χ0) is 23.8. The molecule has 0 saturated carbocycles. The minimum Gasteiger partial charge on any atom is -0.454 e. The first-order valence-electron chi connectivity index (χ1n) is 12.0. The summed E-state index contributed by atoms with van der Waals surface area (Å²) in [5.41, 5.74) is 3.99. The van der Waals surface area contributed by atoms with Crippen LogP contribution in [0.25, 0.3) is 11.1 Å². The van der Waals surface area contributed by atoms with E-state index in [4.69, 9.17) is 9.47 Å². The Balaban J connectivity index is 1.08. The molecule has 0 radical (unpaired) electrons. The van der Waals surface area contributed by atoms with Crippen LogP contribution >= 0.6 is 0 Å². The Kier molecular flexibility index (Phi) is 5.72. The molecule has 1 atom stereocenters. The van der Waals surface area contributed by atoms with Gasteiger partial charge in [0.25, 0.3) is 5.91 Å². The Hall–Kier alpha value is -3.68. The Morgan fingerprint density at radius 3 is 2.26 bits per heavy atom. The van der Waals surface area contributed by atoms with E-state index in [-0.39, 0.29) is 31.1 Å². The van der Waals surface area contributed by atoms with Crippen molar-refractivity contribution in [2.24, 2.45) is 0 Å². The van der Waals surface area contributed by atoms with Gasteiger partial charge in [-0.15, -0.1) is 0 Å². The number of amides is 2. The summed E-state index contributed by atoms with van der Waals surface area (Å²) in [6.45, 7) is 4.31. The molecule has 2 amide bonds. The number of hydrogen-bond donors (Lipinski definition) is 0. The van der Waals surface area contributed by atoms with Crippen molar-refractivity contribution in [1.82, 2.24) is 9.80 Å². The van der Waals surface area contributed by atoms with Gasteiger partial charge in [-0.1, -0.05) is 48.5 Å². The normalized spacial score (nSPS) is 20.6. The Labute approximate surface area is 204 Å². The number of benzene rings is 3. The molecule has 3 aromatic rings. The number of carbonyl (C=O) groups is 2. The number of rotatable bonds is 5. The average Bonchev–Trinajstić information content (AvgIpc) is 3.48. The SMILES string of the molecule is O=C1C[C@@H](N2CCN(Cc3ccc4c(c3)OCO4)CC2)C(=O)N1c1ccc(-c2ccccc2)cc1. The van der Waals surface area contributed by atoms with Gasteiger partial charge < -0.3 is 9.47 Å². The van der Waals surface area contributed by atoms with E-state index in [1.54, 1.807) is 0 Å². The lowest BCUT2D eigenvalue weighted by Gasteiger charge is -2.37. The lowest BCUT2D eigenvalue weighted by Crippen LogP contribution is -2.52. The van der Waals surface area contributed by atoms with E-state index < -0.39 is 0 Å². The molecule has 0 spiro atoms. The monoisotopic (exact) mass is 469 g/mol. The minimum absolute atomic E-state index is 0.119. The van der Waals surface area contributed by atoms with Crippen LogP contribution in [0.1, 0.15) is 12.0 Å². The standard InChI is InChI=1S/C28H27N3O4/c32-27-17-24(28(33)31(27)23-9-7-22(8-10-23)21-4-2-1-3-5-21)30-14-12-29(13-15-30)18-20-6-11-25-26(16-20)35-19-34-25/h1-11,16,24H,12-15,17-19H2/t24-/m1/s1. The summed E-state index contributed by atoms with van der Waals surface area (Å²) in [4.78, 5) is 32.0. The Morgan fingerprint density at radius 2 is 1.49 bits per heavy atom. The van der Waals surface area contributed by atoms with Crippen molar-refractivity contribution in [3.8, 4) is 22.6 Å². The highest BCUT2D eigenvalue weighted by Gasteiger charge is 2.43. The van der Waals surface area contributed by atoms with Gasteiger partial charge in [-0.05, 0) is 41.0 Å². The van der Waals surface area contributed by atoms with E-state index in [1.165, 1.54) is 10.5 Å². The molecule has 3 aliphatic rings. The lowest BCUT2D eigenvalue weighted by atomic mass is 10.1. The average molecular weight is 470 g/mol. The third-order valence-electron chi connectivity index (χ3n) is 7.05. The molecule has 35 heavy (non-hydrogen) atoms. The zero-order valence-electron chi connectivity index (χ0n) is 19.4. The summed E-state index contributed by atoms with van der Waals surface area (Å²) in [5.74, 6) is 1.34. The van der Waals surface area contributed by atoms with Gasteiger partial charge in [-0.2, -0.15) is 0 Å². The summed E-state index contributed by atoms with van der Waals surface area (Å²) < 4.78 is 10.9. The molecule has 0 aromatic heterocycles. The van der Waals surface area contributed by atoms with Crippen LogP contribution in [0.3, 0.4) is 0 Å². The predicted molar refractivity (Wildman–Crippen MR) is 132 cm³/mol. The van der Waals surface area contributed by atoms with E-state index in [9.17, 15) is 9.59 Å². The summed E-state index contributed by atoms with van der Waals surface area (Å²) in [5, 5.41) is 0. The van der Waals surface area contributed by atoms with E-state index in [2.05, 4.69) is 15.9 Å². The van der Waals surface area contributed by atoms with Gasteiger partial charge in [0, 0.05) is 32.7 Å². The maximum atomic E-state index is 13.3. The van der Waals surface area contributed by atoms with Crippen molar-refractivity contribution >= 4 is 17.5 Å². The molecule has 0 unspecified atom stereocenters. The van der Waals surface area contributed by atoms with Crippen LogP contribution in [-0.4, -0.2) is 60.6 Å². The van der Waals surface area contributed by atoms with Crippen LogP contribution in [-0.2, 0) is 16.1 Å². The predicted octanol–water partition coefficient (Wildman–Crippen LogP) is 3.53. The van der Waals surface area contributed by atoms with Gasteiger partial charge in [-0.3, -0.25) is 19.4 Å². The van der Waals surface area contributed by atoms with Gasteiger partial charge >= 0.3 is 0 Å². The first kappa shape index (κ1) is 21.8. The molecule has 7 heteroatoms. The summed E-state index contributed by atoms with van der Waals surface area (Å²) in [6, 6.07) is 23.4. The fourth-order valence-electron chi connectivity index (χ4n) is 5.14. The number of imide groups is 1. The highest BCUT2D eigenvalue weighted by molar-refractivity contribution is 6.22. The van der Waals surface area contributed by atoms with Gasteiger partial charge in [-0.25, -0.2) is 4.90 Å². The third kappa shape index (κ3) is 4.29. The topological polar surface area (TPSA) is 62.3 Å². The van der Waals surface area contributed by atoms with E-state index in [0.717, 1.165) is 55.3 Å². The molecule has 6 rings (SSSR count). The highest BCUT2D eigenvalue weighted by Crippen LogP contribution is 2.33. The lowest BCUT2D eigenvalue weighted by molar-refractivity contribution is -0.123. The Bertz CT molecular complexity index is 1240. The van der Waals surface area contributed by atoms with Gasteiger partial charge in [0.1, 0.15) is 0 Å². The second kappa shape index (κ2) is 9.17. The van der Waals surface area contributed by atoms with E-state index in [0.29, 0.717) is 5.69 Å². The number of fused-ring (bicyclic) bond motifs is 1. The summed E-state index contributed by atoms with van der Waals surface area (Å²) >= 11 is 0. The van der Waals surface area contributed by atoms with Crippen LogP contribution in [0.15, 0.2) is 72.8 Å². The molecule has 0 bridgehead atoms. The first-order valence-corrected chi connectivity index (χ1v) is 12.0. The fraction of sp³-hybridized carbons (Fsp3) is 0.286. The molecule has 2 saturated heterocycles. The van der Waals surface area contributed by atoms with Crippen molar-refractivity contribution in [3.63, 3.8) is 0 Å². The molecular weight excluding hydrogens is 442 g/mol. The first-order chi connectivity index (χ1) is 17.2. The molecule has 0 aliphatic carbocycles. The van der Waals surface area contributed by atoms with Crippen LogP contribution in [0.2, 0.25) is 0 Å². The van der Waals surface area contributed by atoms with Crippen LogP contribution in [0.5, 0.6) is 11.5 Å². The highest BCUT2D eigenvalue weighted by atomic mass is 16.7. The van der Waals surface area contributed by atoms with Crippen molar-refractivity contribution < 1.29 is 19.1 Å². The van der Waals surface area contributed by atoms with E-state index in [1.807, 2.05) is 66.7 Å². The molecular formula is C28H27N3O4. The quantitative estimate of drug-likeness (QED) is 0.533. The van der Waals surface area contributed by atoms with Crippen LogP contribution < -0.4 is 14.4 Å². The van der Waals surface area contributed by atoms with Crippen molar-refractivity contribution in [2.75, 3.05) is 37.9 Å². The van der Waals surface area contributed by atoms with Gasteiger partial charge in [0.2, 0.25) is 12.7 Å². The van der Waals surface area contributed by atoms with Gasteiger partial charge in [0.05, 0.1) is 18.2 Å². The largest absolute Gasteiger partial charge is 0.454 e. The van der Waals surface area contributed by atoms with Gasteiger partial charge in [0.15, 0.2) is 11.5 Å². The molecule has 7 nitrogen and oxygen atoms in total. The number of carbonyl (C=O) groups excluding carboxylic acids is 2. The molecule has 3 heterocycles. The van der Waals surface area contributed by atoms with Crippen molar-refractivity contribution in [2.45, 2.75) is 19.0 Å². The van der Waals surface area contributed by atoms with E-state index >= 15 is 0 Å². The molecule has 0 N–H and O–H groups in total. The zero-order valence-corrected chi connectivity index (χ0v) is 19.4. The summed E-state index contributed by atoms with van der Waals surface area (Å²) in [6.07, 6.45) is 0.238.